The zero-order valence-electron chi connectivity index (χ0n) is 19.3. The van der Waals surface area contributed by atoms with E-state index in [2.05, 4.69) is 6.07 Å². The topological polar surface area (TPSA) is 55.8 Å². The molecule has 4 nitrogen and oxygen atoms in total. The fourth-order valence-electron chi connectivity index (χ4n) is 7.10. The second kappa shape index (κ2) is 8.72. The monoisotopic (exact) mass is 466 g/mol. The second-order valence-corrected chi connectivity index (χ2v) is 10.5. The normalized spacial score (nSPS) is 27.8. The molecule has 174 valence electrons. The maximum Gasteiger partial charge on any atom is 0.330 e. The van der Waals surface area contributed by atoms with Crippen LogP contribution >= 0.6 is 11.6 Å². The van der Waals surface area contributed by atoms with Gasteiger partial charge < -0.3 is 14.6 Å². The van der Waals surface area contributed by atoms with Gasteiger partial charge in [-0.05, 0) is 105 Å². The summed E-state index contributed by atoms with van der Waals surface area (Å²) in [4.78, 5) is 11.8. The maximum absolute atomic E-state index is 11.8. The summed E-state index contributed by atoms with van der Waals surface area (Å²) in [5, 5.41) is 11.5. The third kappa shape index (κ3) is 4.14. The minimum atomic E-state index is -0.408. The Hall–Kier alpha value is -2.46. The predicted octanol–water partition coefficient (Wildman–Crippen LogP) is 6.77. The van der Waals surface area contributed by atoms with Gasteiger partial charge in [-0.25, -0.2) is 4.79 Å². The largest absolute Gasteiger partial charge is 0.508 e. The molecule has 4 fully saturated rings. The number of carbonyl (C=O) groups excluding carboxylic acids is 1. The van der Waals surface area contributed by atoms with Gasteiger partial charge in [0.2, 0.25) is 0 Å². The van der Waals surface area contributed by atoms with Crippen LogP contribution in [0.25, 0.3) is 17.2 Å². The van der Waals surface area contributed by atoms with E-state index in [1.807, 2.05) is 18.2 Å². The Kier molecular flexibility index (Phi) is 5.90. The predicted molar refractivity (Wildman–Crippen MR) is 131 cm³/mol. The first kappa shape index (κ1) is 22.3. The molecule has 0 saturated heterocycles. The first-order chi connectivity index (χ1) is 15.9. The fourth-order valence-corrected chi connectivity index (χ4v) is 7.32. The van der Waals surface area contributed by atoms with Crippen molar-refractivity contribution < 1.29 is 19.4 Å². The molecule has 0 unspecified atom stereocenters. The Morgan fingerprint density at radius 1 is 1.12 bits per heavy atom. The summed E-state index contributed by atoms with van der Waals surface area (Å²) in [6.07, 6.45) is 10.7. The summed E-state index contributed by atoms with van der Waals surface area (Å²) in [6.45, 7) is 2.09. The number of aromatic hydroxyl groups is 1. The molecule has 6 rings (SSSR count). The van der Waals surface area contributed by atoms with Crippen molar-refractivity contribution in [2.24, 2.45) is 17.8 Å². The summed E-state index contributed by atoms with van der Waals surface area (Å²) in [6, 6.07) is 9.55. The molecular weight excluding hydrogens is 436 g/mol. The van der Waals surface area contributed by atoms with E-state index in [4.69, 9.17) is 21.1 Å². The average molecular weight is 467 g/mol. The van der Waals surface area contributed by atoms with Gasteiger partial charge in [-0.15, -0.1) is 0 Å². The molecule has 2 aromatic carbocycles. The van der Waals surface area contributed by atoms with Crippen molar-refractivity contribution >= 4 is 23.6 Å². The van der Waals surface area contributed by atoms with Crippen molar-refractivity contribution in [1.82, 2.24) is 0 Å². The van der Waals surface area contributed by atoms with E-state index in [0.29, 0.717) is 28.7 Å². The molecule has 0 spiro atoms. The molecule has 0 atom stereocenters. The SMILES string of the molecule is CCOC(=O)C=Cc1cc(Cl)cc(-c2ccc(O)c(C34CC5CC(CC(C5)C3)C4)c2)c1OC. The van der Waals surface area contributed by atoms with Gasteiger partial charge in [-0.1, -0.05) is 17.7 Å². The number of halogens is 1. The Bertz CT molecular complexity index is 1070. The highest BCUT2D eigenvalue weighted by molar-refractivity contribution is 6.31. The summed E-state index contributed by atoms with van der Waals surface area (Å²) in [7, 11) is 1.62. The number of carbonyl (C=O) groups is 1. The second-order valence-electron chi connectivity index (χ2n) is 10.1. The van der Waals surface area contributed by atoms with Gasteiger partial charge in [0.15, 0.2) is 0 Å². The van der Waals surface area contributed by atoms with Crippen molar-refractivity contribution in [3.8, 4) is 22.6 Å². The quantitative estimate of drug-likeness (QED) is 0.377. The molecule has 4 saturated carbocycles. The molecule has 0 radical (unpaired) electrons. The molecule has 33 heavy (non-hydrogen) atoms. The Morgan fingerprint density at radius 2 is 1.79 bits per heavy atom. The lowest BCUT2D eigenvalue weighted by molar-refractivity contribution is -0.137. The zero-order valence-corrected chi connectivity index (χ0v) is 20.0. The van der Waals surface area contributed by atoms with Crippen molar-refractivity contribution in [3.05, 3.63) is 52.6 Å². The van der Waals surface area contributed by atoms with Crippen LogP contribution < -0.4 is 4.74 Å². The number of methoxy groups -OCH3 is 1. The number of phenolic OH excluding ortho intramolecular Hbond substituents is 1. The Morgan fingerprint density at radius 3 is 2.39 bits per heavy atom. The molecule has 5 heteroatoms. The summed E-state index contributed by atoms with van der Waals surface area (Å²) < 4.78 is 10.8. The van der Waals surface area contributed by atoms with Crippen LogP contribution in [0.3, 0.4) is 0 Å². The van der Waals surface area contributed by atoms with Gasteiger partial charge in [0.05, 0.1) is 13.7 Å². The van der Waals surface area contributed by atoms with Crippen LogP contribution in [0.1, 0.15) is 56.6 Å². The lowest BCUT2D eigenvalue weighted by atomic mass is 9.48. The van der Waals surface area contributed by atoms with Gasteiger partial charge in [0.25, 0.3) is 0 Å². The molecule has 0 amide bonds. The fraction of sp³-hybridized carbons (Fsp3) is 0.464. The number of phenols is 1. The molecule has 2 aromatic rings. The lowest BCUT2D eigenvalue weighted by Gasteiger charge is -2.57. The molecular formula is C28H31ClO4. The number of hydrogen-bond acceptors (Lipinski definition) is 4. The first-order valence-electron chi connectivity index (χ1n) is 12.0. The van der Waals surface area contributed by atoms with Crippen LogP contribution in [0.2, 0.25) is 5.02 Å². The summed E-state index contributed by atoms with van der Waals surface area (Å²) >= 11 is 6.48. The number of benzene rings is 2. The standard InChI is InChI=1S/C28H31ClO4/c1-3-33-26(31)7-5-21-11-22(29)13-23(27(21)32-2)20-4-6-25(30)24(12-20)28-14-17-8-18(15-28)10-19(9-17)16-28/h4-7,11-13,17-19,30H,3,8-10,14-16H2,1-2H3. The van der Waals surface area contributed by atoms with Crippen LogP contribution in [0, 0.1) is 17.8 Å². The van der Waals surface area contributed by atoms with Gasteiger partial charge in [0.1, 0.15) is 11.5 Å². The van der Waals surface area contributed by atoms with E-state index in [-0.39, 0.29) is 5.41 Å². The molecule has 4 aliphatic rings. The molecule has 4 bridgehead atoms. The summed E-state index contributed by atoms with van der Waals surface area (Å²) in [5.74, 6) is 3.00. The van der Waals surface area contributed by atoms with Crippen molar-refractivity contribution in [2.45, 2.75) is 50.9 Å². The molecule has 0 heterocycles. The molecule has 0 aromatic heterocycles. The van der Waals surface area contributed by atoms with Gasteiger partial charge in [-0.3, -0.25) is 0 Å². The highest BCUT2D eigenvalue weighted by atomic mass is 35.5. The van der Waals surface area contributed by atoms with E-state index in [1.165, 1.54) is 44.6 Å². The van der Waals surface area contributed by atoms with Crippen molar-refractivity contribution in [1.29, 1.82) is 0 Å². The molecule has 1 N–H and O–H groups in total. The van der Waals surface area contributed by atoms with Crippen LogP contribution in [0.5, 0.6) is 11.5 Å². The van der Waals surface area contributed by atoms with Crippen molar-refractivity contribution in [3.63, 3.8) is 0 Å². The smallest absolute Gasteiger partial charge is 0.330 e. The van der Waals surface area contributed by atoms with Crippen LogP contribution in [-0.4, -0.2) is 24.8 Å². The zero-order chi connectivity index (χ0) is 23.2. The number of ether oxygens (including phenoxy) is 2. The minimum absolute atomic E-state index is 0.0767. The van der Waals surface area contributed by atoms with Crippen LogP contribution in [0.15, 0.2) is 36.4 Å². The summed E-state index contributed by atoms with van der Waals surface area (Å²) in [5.41, 5.74) is 3.67. The van der Waals surface area contributed by atoms with Gasteiger partial charge >= 0.3 is 5.97 Å². The molecule has 0 aliphatic heterocycles. The van der Waals surface area contributed by atoms with Gasteiger partial charge in [-0.2, -0.15) is 0 Å². The first-order valence-corrected chi connectivity index (χ1v) is 12.3. The number of esters is 1. The van der Waals surface area contributed by atoms with E-state index < -0.39 is 5.97 Å². The highest BCUT2D eigenvalue weighted by Crippen LogP contribution is 2.62. The van der Waals surface area contributed by atoms with E-state index in [1.54, 1.807) is 26.2 Å². The van der Waals surface area contributed by atoms with E-state index in [9.17, 15) is 9.90 Å². The van der Waals surface area contributed by atoms with Crippen molar-refractivity contribution in [2.75, 3.05) is 13.7 Å². The Labute approximate surface area is 200 Å². The lowest BCUT2D eigenvalue weighted by Crippen LogP contribution is -2.48. The highest BCUT2D eigenvalue weighted by Gasteiger charge is 2.52. The van der Waals surface area contributed by atoms with E-state index >= 15 is 0 Å². The number of rotatable bonds is 6. The maximum atomic E-state index is 11.8. The van der Waals surface area contributed by atoms with Gasteiger partial charge in [0, 0.05) is 27.8 Å². The molecule has 4 aliphatic carbocycles. The van der Waals surface area contributed by atoms with E-state index in [0.717, 1.165) is 34.4 Å². The third-order valence-corrected chi connectivity index (χ3v) is 8.11. The Balaban J connectivity index is 1.56. The minimum Gasteiger partial charge on any atom is -0.508 e. The number of hydrogen-bond donors (Lipinski definition) is 1. The third-order valence-electron chi connectivity index (χ3n) is 7.89. The average Bonchev–Trinajstić information content (AvgIpc) is 2.77. The van der Waals surface area contributed by atoms with Crippen LogP contribution in [-0.2, 0) is 14.9 Å². The van der Waals surface area contributed by atoms with Crippen LogP contribution in [0.4, 0.5) is 0 Å².